The molecule has 0 amide bonds. The molecule has 0 saturated heterocycles. The molecule has 0 saturated carbocycles. The zero-order valence-corrected chi connectivity index (χ0v) is 21.4. The number of unbranched alkanes of at least 4 members (excludes halogenated alkanes) is 2. The quantitative estimate of drug-likeness (QED) is 0.162. The highest BCUT2D eigenvalue weighted by molar-refractivity contribution is 5.88. The van der Waals surface area contributed by atoms with Crippen LogP contribution in [0.25, 0.3) is 22.2 Å². The number of ether oxygens (including phenoxy) is 2. The second-order valence-corrected chi connectivity index (χ2v) is 9.88. The predicted molar refractivity (Wildman–Crippen MR) is 141 cm³/mol. The molecule has 1 heterocycles. The fourth-order valence-electron chi connectivity index (χ4n) is 4.23. The van der Waals surface area contributed by atoms with Crippen molar-refractivity contribution in [3.05, 3.63) is 66.2 Å². The van der Waals surface area contributed by atoms with E-state index in [1.807, 2.05) is 19.9 Å². The van der Waals surface area contributed by atoms with Gasteiger partial charge in [-0.25, -0.2) is 4.79 Å². The van der Waals surface area contributed by atoms with E-state index in [1.54, 1.807) is 0 Å². The maximum Gasteiger partial charge on any atom is 0.330 e. The summed E-state index contributed by atoms with van der Waals surface area (Å²) in [7, 11) is 2.12. The average Bonchev–Trinajstić information content (AvgIpc) is 3.17. The van der Waals surface area contributed by atoms with Crippen molar-refractivity contribution in [2.45, 2.75) is 59.8 Å². The van der Waals surface area contributed by atoms with Crippen LogP contribution >= 0.6 is 0 Å². The summed E-state index contributed by atoms with van der Waals surface area (Å²) in [5.74, 6) is 0.400. The van der Waals surface area contributed by atoms with Crippen molar-refractivity contribution in [2.75, 3.05) is 13.2 Å². The van der Waals surface area contributed by atoms with Crippen LogP contribution in [0.1, 0.15) is 58.1 Å². The summed E-state index contributed by atoms with van der Waals surface area (Å²) in [4.78, 5) is 11.4. The zero-order chi connectivity index (χ0) is 24.7. The number of benzene rings is 2. The van der Waals surface area contributed by atoms with Gasteiger partial charge in [0.05, 0.1) is 18.7 Å². The Kier molecular flexibility index (Phi) is 8.60. The van der Waals surface area contributed by atoms with Crippen molar-refractivity contribution in [1.29, 1.82) is 0 Å². The minimum atomic E-state index is -0.411. The van der Waals surface area contributed by atoms with Crippen LogP contribution in [0.15, 0.2) is 55.1 Å². The third kappa shape index (κ3) is 6.31. The van der Waals surface area contributed by atoms with Crippen molar-refractivity contribution in [2.24, 2.45) is 12.5 Å². The largest absolute Gasteiger partial charge is 0.493 e. The van der Waals surface area contributed by atoms with Crippen molar-refractivity contribution in [3.63, 3.8) is 0 Å². The van der Waals surface area contributed by atoms with Gasteiger partial charge in [-0.3, -0.25) is 0 Å². The molecule has 0 aliphatic carbocycles. The smallest absolute Gasteiger partial charge is 0.330 e. The molecule has 0 aliphatic rings. The van der Waals surface area contributed by atoms with Crippen LogP contribution in [0, 0.1) is 5.41 Å². The molecule has 0 fully saturated rings. The lowest BCUT2D eigenvalue weighted by molar-refractivity contribution is -0.141. The van der Waals surface area contributed by atoms with Gasteiger partial charge in [-0.05, 0) is 48.6 Å². The van der Waals surface area contributed by atoms with Crippen LogP contribution in [0.3, 0.4) is 0 Å². The normalized spacial score (nSPS) is 11.6. The number of aryl methyl sites for hydroxylation is 3. The maximum absolute atomic E-state index is 11.4. The Morgan fingerprint density at radius 1 is 1.06 bits per heavy atom. The Morgan fingerprint density at radius 3 is 2.56 bits per heavy atom. The van der Waals surface area contributed by atoms with Gasteiger partial charge in [-0.15, -0.1) is 0 Å². The highest BCUT2D eigenvalue weighted by Crippen LogP contribution is 2.33. The van der Waals surface area contributed by atoms with E-state index in [0.717, 1.165) is 24.1 Å². The molecule has 0 radical (unpaired) electrons. The molecule has 0 unspecified atom stereocenters. The van der Waals surface area contributed by atoms with E-state index in [2.05, 4.69) is 68.4 Å². The van der Waals surface area contributed by atoms with Gasteiger partial charge >= 0.3 is 5.97 Å². The van der Waals surface area contributed by atoms with Gasteiger partial charge in [-0.2, -0.15) is 0 Å². The molecular weight excluding hydrogens is 422 g/mol. The monoisotopic (exact) mass is 461 g/mol. The summed E-state index contributed by atoms with van der Waals surface area (Å²) < 4.78 is 13.5. The minimum absolute atomic E-state index is 0.280. The molecule has 0 bridgehead atoms. The first-order valence-electron chi connectivity index (χ1n) is 12.4. The number of nitrogens with zero attached hydrogens (tertiary/aromatic N) is 1. The van der Waals surface area contributed by atoms with E-state index >= 15 is 0 Å². The third-order valence-corrected chi connectivity index (χ3v) is 6.31. The highest BCUT2D eigenvalue weighted by Gasteiger charge is 2.21. The second-order valence-electron chi connectivity index (χ2n) is 9.88. The standard InChI is InChI=1S/C30H39NO3/c1-7-10-11-12-22-13-16-26(23(8-2)17-22)28-18-24-14-15-25(19-27(24)31(28)6)33-20-30(4,5)21-34-29(32)9-3/h9,13-19H,3,7-8,10-12,20-21H2,1-2,4-6H3. The second kappa shape index (κ2) is 11.4. The van der Waals surface area contributed by atoms with Gasteiger partial charge in [0.25, 0.3) is 0 Å². The lowest BCUT2D eigenvalue weighted by Crippen LogP contribution is -2.28. The number of carbonyl (C=O) groups is 1. The number of rotatable bonds is 12. The molecule has 0 N–H and O–H groups in total. The first-order chi connectivity index (χ1) is 16.3. The van der Waals surface area contributed by atoms with Crippen molar-refractivity contribution >= 4 is 16.9 Å². The number of carbonyl (C=O) groups excluding carboxylic acids is 1. The summed E-state index contributed by atoms with van der Waals surface area (Å²) in [6, 6.07) is 15.5. The van der Waals surface area contributed by atoms with Crippen LogP contribution in [0.4, 0.5) is 0 Å². The number of hydrogen-bond donors (Lipinski definition) is 0. The van der Waals surface area contributed by atoms with Crippen molar-refractivity contribution in [1.82, 2.24) is 4.57 Å². The van der Waals surface area contributed by atoms with Crippen LogP contribution in [0.5, 0.6) is 5.75 Å². The first-order valence-corrected chi connectivity index (χ1v) is 12.4. The van der Waals surface area contributed by atoms with E-state index in [9.17, 15) is 4.79 Å². The molecule has 0 atom stereocenters. The fourth-order valence-corrected chi connectivity index (χ4v) is 4.23. The molecule has 1 aromatic heterocycles. The van der Waals surface area contributed by atoms with Gasteiger partial charge in [0.2, 0.25) is 0 Å². The minimum Gasteiger partial charge on any atom is -0.493 e. The molecule has 0 spiro atoms. The van der Waals surface area contributed by atoms with E-state index in [0.29, 0.717) is 6.61 Å². The molecule has 3 rings (SSSR count). The van der Waals surface area contributed by atoms with Gasteiger partial charge in [-0.1, -0.05) is 65.3 Å². The van der Waals surface area contributed by atoms with Crippen molar-refractivity contribution in [3.8, 4) is 17.0 Å². The number of esters is 1. The molecular formula is C30H39NO3. The fraction of sp³-hybridized carbons (Fsp3) is 0.433. The topological polar surface area (TPSA) is 40.5 Å². The molecule has 0 aliphatic heterocycles. The Bertz CT molecular complexity index is 1140. The molecule has 182 valence electrons. The van der Waals surface area contributed by atoms with E-state index in [1.165, 1.54) is 53.1 Å². The molecule has 4 heteroatoms. The van der Waals surface area contributed by atoms with Crippen LogP contribution in [-0.4, -0.2) is 23.8 Å². The Labute approximate surface area is 204 Å². The first kappa shape index (κ1) is 25.6. The lowest BCUT2D eigenvalue weighted by Gasteiger charge is -2.24. The van der Waals surface area contributed by atoms with Gasteiger partial charge in [0.15, 0.2) is 0 Å². The average molecular weight is 462 g/mol. The predicted octanol–water partition coefficient (Wildman–Crippen LogP) is 7.27. The van der Waals surface area contributed by atoms with E-state index < -0.39 is 5.97 Å². The van der Waals surface area contributed by atoms with Crippen LogP contribution in [0.2, 0.25) is 0 Å². The summed E-state index contributed by atoms with van der Waals surface area (Å²) in [5, 5.41) is 1.19. The SMILES string of the molecule is C=CC(=O)OCC(C)(C)COc1ccc2cc(-c3ccc(CCCCC)cc3CC)n(C)c2c1. The lowest BCUT2D eigenvalue weighted by atomic mass is 9.96. The van der Waals surface area contributed by atoms with Gasteiger partial charge in [0, 0.05) is 41.2 Å². The number of fused-ring (bicyclic) bond motifs is 1. The third-order valence-electron chi connectivity index (χ3n) is 6.31. The van der Waals surface area contributed by atoms with E-state index in [-0.39, 0.29) is 12.0 Å². The van der Waals surface area contributed by atoms with Crippen LogP contribution in [-0.2, 0) is 29.4 Å². The van der Waals surface area contributed by atoms with E-state index in [4.69, 9.17) is 9.47 Å². The van der Waals surface area contributed by atoms with Crippen LogP contribution < -0.4 is 4.74 Å². The number of hydrogen-bond acceptors (Lipinski definition) is 3. The Balaban J connectivity index is 1.80. The Morgan fingerprint density at radius 2 is 1.85 bits per heavy atom. The summed E-state index contributed by atoms with van der Waals surface area (Å²) >= 11 is 0. The summed E-state index contributed by atoms with van der Waals surface area (Å²) in [5.41, 5.74) is 6.19. The Hall–Kier alpha value is -3.01. The molecule has 34 heavy (non-hydrogen) atoms. The maximum atomic E-state index is 11.4. The van der Waals surface area contributed by atoms with Gasteiger partial charge in [0.1, 0.15) is 5.75 Å². The summed E-state index contributed by atoms with van der Waals surface area (Å²) in [6.45, 7) is 12.7. The number of aromatic nitrogens is 1. The highest BCUT2D eigenvalue weighted by atomic mass is 16.5. The molecule has 2 aromatic carbocycles. The van der Waals surface area contributed by atoms with Gasteiger partial charge < -0.3 is 14.0 Å². The summed E-state index contributed by atoms with van der Waals surface area (Å²) in [6.07, 6.45) is 7.14. The zero-order valence-electron chi connectivity index (χ0n) is 21.4. The van der Waals surface area contributed by atoms with Crippen molar-refractivity contribution < 1.29 is 14.3 Å². The molecule has 4 nitrogen and oxygen atoms in total. The molecule has 3 aromatic rings.